The molecule has 4 nitrogen and oxygen atoms in total. The molecule has 0 spiro atoms. The largest absolute Gasteiger partial charge is 0.493 e. The Morgan fingerprint density at radius 3 is 2.83 bits per heavy atom. The highest BCUT2D eigenvalue weighted by Gasteiger charge is 2.23. The Morgan fingerprint density at radius 2 is 2.08 bits per heavy atom. The number of aryl methyl sites for hydroxylation is 1. The minimum atomic E-state index is 0.576. The van der Waals surface area contributed by atoms with Crippen molar-refractivity contribution in [3.05, 3.63) is 28.4 Å². The molecule has 0 bridgehead atoms. The van der Waals surface area contributed by atoms with Crippen LogP contribution in [0, 0.1) is 5.92 Å². The van der Waals surface area contributed by atoms with Crippen LogP contribution < -0.4 is 9.47 Å². The van der Waals surface area contributed by atoms with Crippen LogP contribution in [0.5, 0.6) is 11.5 Å². The number of ether oxygens (including phenoxy) is 2. The summed E-state index contributed by atoms with van der Waals surface area (Å²) in [6, 6.07) is 4.05. The lowest BCUT2D eigenvalue weighted by Crippen LogP contribution is -2.18. The Balaban J connectivity index is 1.66. The second-order valence-corrected chi connectivity index (χ2v) is 7.32. The number of pyridine rings is 1. The second-order valence-electron chi connectivity index (χ2n) is 6.96. The van der Waals surface area contributed by atoms with Gasteiger partial charge >= 0.3 is 0 Å². The lowest BCUT2D eigenvalue weighted by atomic mass is 10.1. The Hall–Kier alpha value is -1.52. The van der Waals surface area contributed by atoms with Gasteiger partial charge in [-0.15, -0.1) is 0 Å². The zero-order valence-corrected chi connectivity index (χ0v) is 15.0. The van der Waals surface area contributed by atoms with Gasteiger partial charge in [-0.3, -0.25) is 0 Å². The fraction of sp³-hybridized carbons (Fsp3) is 0.526. The summed E-state index contributed by atoms with van der Waals surface area (Å²) in [6.07, 6.45) is 4.41. The third-order valence-corrected chi connectivity index (χ3v) is 5.57. The molecule has 24 heavy (non-hydrogen) atoms. The first-order valence-electron chi connectivity index (χ1n) is 8.66. The highest BCUT2D eigenvalue weighted by Crippen LogP contribution is 2.39. The zero-order chi connectivity index (χ0) is 16.7. The Morgan fingerprint density at radius 1 is 1.25 bits per heavy atom. The summed E-state index contributed by atoms with van der Waals surface area (Å²) >= 11 is 6.38. The number of fused-ring (bicyclic) bond motifs is 3. The maximum atomic E-state index is 6.38. The van der Waals surface area contributed by atoms with Crippen molar-refractivity contribution in [1.82, 2.24) is 9.88 Å². The normalized spacial score (nSPS) is 20.5. The molecule has 1 aromatic carbocycles. The lowest BCUT2D eigenvalue weighted by molar-refractivity contribution is 0.239. The van der Waals surface area contributed by atoms with Gasteiger partial charge in [0, 0.05) is 23.9 Å². The first-order valence-corrected chi connectivity index (χ1v) is 9.04. The van der Waals surface area contributed by atoms with E-state index in [1.54, 1.807) is 7.11 Å². The van der Waals surface area contributed by atoms with Gasteiger partial charge in [0.1, 0.15) is 5.15 Å². The molecule has 1 saturated heterocycles. The standard InChI is InChI=1S/C19H23ClN2O2/c1-22-7-6-12(10-22)11-24-18-9-16-15(8-17(18)23-2)13-4-3-5-14(13)19(20)21-16/h8-9,12H,3-7,10-11H2,1-2H3. The molecule has 2 aromatic rings. The number of nitrogens with zero attached hydrogens (tertiary/aromatic N) is 2. The summed E-state index contributed by atoms with van der Waals surface area (Å²) in [4.78, 5) is 6.94. The number of methoxy groups -OCH3 is 1. The van der Waals surface area contributed by atoms with Crippen molar-refractivity contribution < 1.29 is 9.47 Å². The summed E-state index contributed by atoms with van der Waals surface area (Å²) in [5.41, 5.74) is 3.43. The molecule has 0 saturated carbocycles. The first-order chi connectivity index (χ1) is 11.7. The number of likely N-dealkylation sites (tertiary alicyclic amines) is 1. The van der Waals surface area contributed by atoms with Crippen LogP contribution >= 0.6 is 11.6 Å². The molecule has 1 aliphatic heterocycles. The maximum absolute atomic E-state index is 6.38. The number of hydrogen-bond donors (Lipinski definition) is 0. The molecular weight excluding hydrogens is 324 g/mol. The maximum Gasteiger partial charge on any atom is 0.163 e. The molecule has 1 fully saturated rings. The van der Waals surface area contributed by atoms with Crippen LogP contribution in [0.25, 0.3) is 10.9 Å². The topological polar surface area (TPSA) is 34.6 Å². The molecule has 4 rings (SSSR count). The highest BCUT2D eigenvalue weighted by molar-refractivity contribution is 6.30. The van der Waals surface area contributed by atoms with Gasteiger partial charge in [0.15, 0.2) is 11.5 Å². The van der Waals surface area contributed by atoms with E-state index in [0.717, 1.165) is 54.8 Å². The fourth-order valence-electron chi connectivity index (χ4n) is 3.97. The van der Waals surface area contributed by atoms with Crippen LogP contribution in [0.15, 0.2) is 12.1 Å². The molecule has 2 aliphatic rings. The summed E-state index contributed by atoms with van der Waals surface area (Å²) < 4.78 is 11.7. The minimum Gasteiger partial charge on any atom is -0.493 e. The highest BCUT2D eigenvalue weighted by atomic mass is 35.5. The molecular formula is C19H23ClN2O2. The smallest absolute Gasteiger partial charge is 0.163 e. The van der Waals surface area contributed by atoms with Gasteiger partial charge in [0.05, 0.1) is 19.2 Å². The van der Waals surface area contributed by atoms with Crippen LogP contribution in [0.4, 0.5) is 0 Å². The monoisotopic (exact) mass is 346 g/mol. The van der Waals surface area contributed by atoms with Gasteiger partial charge in [-0.25, -0.2) is 4.98 Å². The lowest BCUT2D eigenvalue weighted by Gasteiger charge is -2.16. The molecule has 128 valence electrons. The van der Waals surface area contributed by atoms with Gasteiger partial charge < -0.3 is 14.4 Å². The molecule has 1 aliphatic carbocycles. The molecule has 1 atom stereocenters. The SMILES string of the molecule is COc1cc2c3c(c(Cl)nc2cc1OCC1CCN(C)C1)CCC3. The van der Waals surface area contributed by atoms with Crippen molar-refractivity contribution >= 4 is 22.5 Å². The van der Waals surface area contributed by atoms with E-state index in [-0.39, 0.29) is 0 Å². The zero-order valence-electron chi connectivity index (χ0n) is 14.3. The van der Waals surface area contributed by atoms with E-state index in [1.165, 1.54) is 17.5 Å². The molecule has 0 amide bonds. The van der Waals surface area contributed by atoms with Gasteiger partial charge in [-0.1, -0.05) is 11.6 Å². The summed E-state index contributed by atoms with van der Waals surface area (Å²) in [6.45, 7) is 2.95. The Labute approximate surface area is 147 Å². The van der Waals surface area contributed by atoms with Crippen molar-refractivity contribution in [2.24, 2.45) is 5.92 Å². The molecule has 0 N–H and O–H groups in total. The molecule has 0 radical (unpaired) electrons. The molecule has 1 unspecified atom stereocenters. The van der Waals surface area contributed by atoms with Gasteiger partial charge in [-0.2, -0.15) is 0 Å². The van der Waals surface area contributed by atoms with Gasteiger partial charge in [0.25, 0.3) is 0 Å². The van der Waals surface area contributed by atoms with E-state index in [1.807, 2.05) is 6.07 Å². The van der Waals surface area contributed by atoms with Gasteiger partial charge in [-0.05, 0) is 56.5 Å². The minimum absolute atomic E-state index is 0.576. The van der Waals surface area contributed by atoms with Crippen LogP contribution in [0.1, 0.15) is 24.0 Å². The fourth-order valence-corrected chi connectivity index (χ4v) is 4.27. The van der Waals surface area contributed by atoms with E-state index < -0.39 is 0 Å². The predicted molar refractivity (Wildman–Crippen MR) is 96.4 cm³/mol. The molecule has 2 heterocycles. The van der Waals surface area contributed by atoms with E-state index in [9.17, 15) is 0 Å². The van der Waals surface area contributed by atoms with Crippen LogP contribution in [0.2, 0.25) is 5.15 Å². The molecule has 1 aromatic heterocycles. The third kappa shape index (κ3) is 2.82. The van der Waals surface area contributed by atoms with Crippen molar-refractivity contribution in [2.75, 3.05) is 33.9 Å². The number of rotatable bonds is 4. The quantitative estimate of drug-likeness (QED) is 0.790. The summed E-state index contributed by atoms with van der Waals surface area (Å²) in [7, 11) is 3.85. The first kappa shape index (κ1) is 16.0. The predicted octanol–water partition coefficient (Wildman–Crippen LogP) is 3.72. The number of benzene rings is 1. The van der Waals surface area contributed by atoms with Crippen molar-refractivity contribution in [3.63, 3.8) is 0 Å². The average Bonchev–Trinajstić information content (AvgIpc) is 3.22. The second kappa shape index (κ2) is 6.41. The Kier molecular flexibility index (Phi) is 4.27. The summed E-state index contributed by atoms with van der Waals surface area (Å²) in [5, 5.41) is 1.79. The summed E-state index contributed by atoms with van der Waals surface area (Å²) in [5.74, 6) is 2.13. The Bertz CT molecular complexity index is 778. The number of aromatic nitrogens is 1. The van der Waals surface area contributed by atoms with Crippen LogP contribution in [-0.2, 0) is 12.8 Å². The van der Waals surface area contributed by atoms with Crippen LogP contribution in [-0.4, -0.2) is 43.7 Å². The van der Waals surface area contributed by atoms with Crippen molar-refractivity contribution in [3.8, 4) is 11.5 Å². The van der Waals surface area contributed by atoms with Gasteiger partial charge in [0.2, 0.25) is 0 Å². The molecule has 5 heteroatoms. The third-order valence-electron chi connectivity index (χ3n) is 5.26. The van der Waals surface area contributed by atoms with E-state index in [0.29, 0.717) is 17.7 Å². The van der Waals surface area contributed by atoms with Crippen LogP contribution in [0.3, 0.4) is 0 Å². The number of hydrogen-bond acceptors (Lipinski definition) is 4. The van der Waals surface area contributed by atoms with E-state index >= 15 is 0 Å². The van der Waals surface area contributed by atoms with Crippen molar-refractivity contribution in [1.29, 1.82) is 0 Å². The number of halogens is 1. The van der Waals surface area contributed by atoms with E-state index in [4.69, 9.17) is 21.1 Å². The average molecular weight is 347 g/mol. The van der Waals surface area contributed by atoms with Crippen molar-refractivity contribution in [2.45, 2.75) is 25.7 Å². The van der Waals surface area contributed by atoms with E-state index in [2.05, 4.69) is 23.0 Å².